The summed E-state index contributed by atoms with van der Waals surface area (Å²) in [5.41, 5.74) is 12.0. The van der Waals surface area contributed by atoms with Gasteiger partial charge in [-0.3, -0.25) is 4.79 Å². The van der Waals surface area contributed by atoms with Gasteiger partial charge >= 0.3 is 0 Å². The highest BCUT2D eigenvalue weighted by atomic mass is 16.1. The van der Waals surface area contributed by atoms with Gasteiger partial charge in [-0.25, -0.2) is 4.98 Å². The van der Waals surface area contributed by atoms with Gasteiger partial charge in [0.1, 0.15) is 11.9 Å². The summed E-state index contributed by atoms with van der Waals surface area (Å²) >= 11 is 0. The molecule has 1 amide bonds. The zero-order valence-corrected chi connectivity index (χ0v) is 8.77. The van der Waals surface area contributed by atoms with Crippen LogP contribution >= 0.6 is 0 Å². The van der Waals surface area contributed by atoms with E-state index in [-0.39, 0.29) is 11.4 Å². The van der Waals surface area contributed by atoms with Crippen molar-refractivity contribution in [2.24, 2.45) is 5.73 Å². The molecule has 0 spiro atoms. The largest absolute Gasteiger partial charge is 0.399 e. The number of anilines is 1. The smallest absolute Gasteiger partial charge is 0.270 e. The molecule has 6 heteroatoms. The fraction of sp³-hybridized carbons (Fsp3) is 0. The zero-order valence-electron chi connectivity index (χ0n) is 8.77. The summed E-state index contributed by atoms with van der Waals surface area (Å²) < 4.78 is 0. The Morgan fingerprint density at radius 1 is 1.35 bits per heavy atom. The maximum atomic E-state index is 11.0. The minimum absolute atomic E-state index is 0.0562. The Hall–Kier alpha value is -2.81. The maximum Gasteiger partial charge on any atom is 0.270 e. The van der Waals surface area contributed by atoms with E-state index in [2.05, 4.69) is 9.97 Å². The van der Waals surface area contributed by atoms with Crippen LogP contribution in [0.15, 0.2) is 24.3 Å². The van der Waals surface area contributed by atoms with Crippen LogP contribution in [0, 0.1) is 11.3 Å². The van der Waals surface area contributed by atoms with Crippen LogP contribution in [0.2, 0.25) is 0 Å². The van der Waals surface area contributed by atoms with E-state index in [0.717, 1.165) is 5.56 Å². The Morgan fingerprint density at radius 3 is 2.47 bits per heavy atom. The first kappa shape index (κ1) is 10.7. The lowest BCUT2D eigenvalue weighted by atomic mass is 10.2. The number of hydrogen-bond acceptors (Lipinski definition) is 4. The maximum absolute atomic E-state index is 11.0. The van der Waals surface area contributed by atoms with Gasteiger partial charge in [0.15, 0.2) is 11.4 Å². The molecule has 1 aromatic carbocycles. The van der Waals surface area contributed by atoms with Gasteiger partial charge in [-0.1, -0.05) is 0 Å². The number of nitriles is 1. The Balaban J connectivity index is 2.51. The van der Waals surface area contributed by atoms with Crippen molar-refractivity contribution in [1.82, 2.24) is 9.97 Å². The average Bonchev–Trinajstić information content (AvgIpc) is 2.74. The second-order valence-electron chi connectivity index (χ2n) is 3.41. The minimum atomic E-state index is -0.737. The number of nitrogen functional groups attached to an aromatic ring is 1. The summed E-state index contributed by atoms with van der Waals surface area (Å²) in [7, 11) is 0. The molecule has 0 atom stereocenters. The molecule has 0 fully saturated rings. The Kier molecular flexibility index (Phi) is 2.51. The number of H-pyrrole nitrogens is 1. The lowest BCUT2D eigenvalue weighted by molar-refractivity contribution is 0.0996. The van der Waals surface area contributed by atoms with E-state index in [4.69, 9.17) is 16.7 Å². The highest BCUT2D eigenvalue weighted by Gasteiger charge is 2.15. The van der Waals surface area contributed by atoms with Gasteiger partial charge in [0.25, 0.3) is 5.91 Å². The molecule has 0 aliphatic rings. The monoisotopic (exact) mass is 227 g/mol. The molecule has 0 radical (unpaired) electrons. The number of aromatic nitrogens is 2. The van der Waals surface area contributed by atoms with Gasteiger partial charge in [0, 0.05) is 11.3 Å². The first-order valence-corrected chi connectivity index (χ1v) is 4.77. The van der Waals surface area contributed by atoms with Crippen LogP contribution in [0.5, 0.6) is 0 Å². The molecule has 84 valence electrons. The molecular formula is C11H9N5O. The standard InChI is InChI=1S/C11H9N5O/c12-5-8-9(10(14)17)16-11(15-8)6-1-3-7(13)4-2-6/h1-4H,13H2,(H2,14,17)(H,15,16). The van der Waals surface area contributed by atoms with Gasteiger partial charge in [0.2, 0.25) is 0 Å². The van der Waals surface area contributed by atoms with Crippen molar-refractivity contribution in [3.63, 3.8) is 0 Å². The van der Waals surface area contributed by atoms with Crippen LogP contribution in [0.4, 0.5) is 5.69 Å². The van der Waals surface area contributed by atoms with Crippen molar-refractivity contribution < 1.29 is 4.79 Å². The fourth-order valence-corrected chi connectivity index (χ4v) is 1.41. The molecule has 2 aromatic rings. The summed E-state index contributed by atoms with van der Waals surface area (Å²) in [6, 6.07) is 8.71. The summed E-state index contributed by atoms with van der Waals surface area (Å²) in [5.74, 6) is -0.324. The number of nitrogens with one attached hydrogen (secondary N) is 1. The molecule has 0 aliphatic heterocycles. The van der Waals surface area contributed by atoms with E-state index in [0.29, 0.717) is 11.5 Å². The van der Waals surface area contributed by atoms with E-state index in [9.17, 15) is 4.79 Å². The van der Waals surface area contributed by atoms with Crippen molar-refractivity contribution in [1.29, 1.82) is 5.26 Å². The lowest BCUT2D eigenvalue weighted by Gasteiger charge is -1.96. The van der Waals surface area contributed by atoms with Gasteiger partial charge in [-0.15, -0.1) is 0 Å². The number of amides is 1. The van der Waals surface area contributed by atoms with Crippen LogP contribution in [0.25, 0.3) is 11.4 Å². The number of nitrogens with zero attached hydrogens (tertiary/aromatic N) is 2. The number of hydrogen-bond donors (Lipinski definition) is 3. The van der Waals surface area contributed by atoms with Crippen LogP contribution in [-0.4, -0.2) is 15.9 Å². The molecular weight excluding hydrogens is 218 g/mol. The quantitative estimate of drug-likeness (QED) is 0.651. The minimum Gasteiger partial charge on any atom is -0.399 e. The van der Waals surface area contributed by atoms with E-state index in [1.807, 2.05) is 6.07 Å². The number of benzene rings is 1. The fourth-order valence-electron chi connectivity index (χ4n) is 1.41. The van der Waals surface area contributed by atoms with Crippen molar-refractivity contribution in [2.75, 3.05) is 5.73 Å². The summed E-state index contributed by atoms with van der Waals surface area (Å²) in [5, 5.41) is 8.82. The second kappa shape index (κ2) is 3.98. The highest BCUT2D eigenvalue weighted by molar-refractivity contribution is 5.93. The molecule has 0 bridgehead atoms. The number of aromatic amines is 1. The van der Waals surface area contributed by atoms with Crippen molar-refractivity contribution in [2.45, 2.75) is 0 Å². The lowest BCUT2D eigenvalue weighted by Crippen LogP contribution is -2.13. The third kappa shape index (κ3) is 1.94. The predicted octanol–water partition coefficient (Wildman–Crippen LogP) is 0.629. The van der Waals surface area contributed by atoms with Crippen LogP contribution in [0.1, 0.15) is 16.2 Å². The molecule has 5 N–H and O–H groups in total. The van der Waals surface area contributed by atoms with Gasteiger partial charge in [0.05, 0.1) is 0 Å². The van der Waals surface area contributed by atoms with Crippen molar-refractivity contribution >= 4 is 11.6 Å². The number of rotatable bonds is 2. The third-order valence-corrected chi connectivity index (χ3v) is 2.23. The Bertz CT molecular complexity index is 606. The molecule has 1 heterocycles. The number of imidazole rings is 1. The number of carbonyl (C=O) groups is 1. The number of carbonyl (C=O) groups excluding carboxylic acids is 1. The van der Waals surface area contributed by atoms with E-state index >= 15 is 0 Å². The van der Waals surface area contributed by atoms with Crippen LogP contribution < -0.4 is 11.5 Å². The SMILES string of the molecule is N#Cc1[nH]c(-c2ccc(N)cc2)nc1C(N)=O. The van der Waals surface area contributed by atoms with Crippen molar-refractivity contribution in [3.8, 4) is 17.5 Å². The topological polar surface area (TPSA) is 122 Å². The first-order valence-electron chi connectivity index (χ1n) is 4.77. The van der Waals surface area contributed by atoms with Crippen LogP contribution in [0.3, 0.4) is 0 Å². The third-order valence-electron chi connectivity index (χ3n) is 2.23. The first-order chi connectivity index (χ1) is 8.11. The molecule has 6 nitrogen and oxygen atoms in total. The number of nitrogens with two attached hydrogens (primary N) is 2. The number of primary amides is 1. The molecule has 0 saturated heterocycles. The summed E-state index contributed by atoms with van der Waals surface area (Å²) in [6.45, 7) is 0. The normalized spacial score (nSPS) is 9.82. The van der Waals surface area contributed by atoms with Gasteiger partial charge in [-0.2, -0.15) is 5.26 Å². The van der Waals surface area contributed by atoms with Gasteiger partial charge in [-0.05, 0) is 24.3 Å². The van der Waals surface area contributed by atoms with Crippen molar-refractivity contribution in [3.05, 3.63) is 35.7 Å². The average molecular weight is 227 g/mol. The van der Waals surface area contributed by atoms with E-state index in [1.54, 1.807) is 24.3 Å². The Morgan fingerprint density at radius 2 is 2.00 bits per heavy atom. The van der Waals surface area contributed by atoms with Crippen LogP contribution in [-0.2, 0) is 0 Å². The molecule has 0 aliphatic carbocycles. The molecule has 17 heavy (non-hydrogen) atoms. The van der Waals surface area contributed by atoms with Gasteiger partial charge < -0.3 is 16.5 Å². The molecule has 2 rings (SSSR count). The molecule has 0 unspecified atom stereocenters. The highest BCUT2D eigenvalue weighted by Crippen LogP contribution is 2.19. The van der Waals surface area contributed by atoms with E-state index < -0.39 is 5.91 Å². The summed E-state index contributed by atoms with van der Waals surface area (Å²) in [4.78, 5) is 17.8. The summed E-state index contributed by atoms with van der Waals surface area (Å²) in [6.07, 6.45) is 0. The molecule has 0 saturated carbocycles. The predicted molar refractivity (Wildman–Crippen MR) is 61.7 cm³/mol. The Labute approximate surface area is 96.9 Å². The van der Waals surface area contributed by atoms with E-state index in [1.165, 1.54) is 0 Å². The zero-order chi connectivity index (χ0) is 12.4. The molecule has 1 aromatic heterocycles. The second-order valence-corrected chi connectivity index (χ2v) is 3.41.